The Kier molecular flexibility index (Phi) is 7.88. The van der Waals surface area contributed by atoms with Crippen LogP contribution in [-0.2, 0) is 4.79 Å². The normalized spacial score (nSPS) is 49.3. The van der Waals surface area contributed by atoms with Crippen molar-refractivity contribution in [1.29, 1.82) is 0 Å². The number of unbranched alkanes of at least 4 members (excludes halogenated alkanes) is 2. The summed E-state index contributed by atoms with van der Waals surface area (Å²) in [5, 5.41) is 25.5. The SMILES string of the molecule is CCCCCNCC(C)[C@@H]1CC[C@]2(C(=O)O)CC[C@]3(C)C(CCC4C5(C)CC[C@@H](O)C(C)(C)C5CCC43C)C12. The molecule has 0 aliphatic heterocycles. The molecule has 0 saturated heterocycles. The number of aliphatic carboxylic acids is 1. The van der Waals surface area contributed by atoms with E-state index in [-0.39, 0.29) is 27.8 Å². The Balaban J connectivity index is 1.44. The van der Waals surface area contributed by atoms with Crippen LogP contribution in [0.3, 0.4) is 0 Å². The number of fused-ring (bicyclic) bond motifs is 7. The fourth-order valence-electron chi connectivity index (χ4n) is 12.6. The maximum Gasteiger partial charge on any atom is 0.309 e. The summed E-state index contributed by atoms with van der Waals surface area (Å²) in [4.78, 5) is 13.1. The molecule has 0 amide bonds. The van der Waals surface area contributed by atoms with Crippen LogP contribution in [0.4, 0.5) is 0 Å². The maximum absolute atomic E-state index is 13.1. The molecule has 0 aromatic heterocycles. The molecule has 5 aliphatic carbocycles. The van der Waals surface area contributed by atoms with Crippen LogP contribution in [0.5, 0.6) is 0 Å². The fraction of sp³-hybridized carbons (Fsp3) is 0.971. The van der Waals surface area contributed by atoms with Gasteiger partial charge in [0.15, 0.2) is 0 Å². The van der Waals surface area contributed by atoms with Crippen LogP contribution < -0.4 is 5.32 Å². The van der Waals surface area contributed by atoms with Gasteiger partial charge in [0.1, 0.15) is 0 Å². The first kappa shape index (κ1) is 29.9. The first-order valence-corrected chi connectivity index (χ1v) is 16.9. The molecule has 0 bridgehead atoms. The molecule has 5 aliphatic rings. The monoisotopic (exact) mass is 543 g/mol. The van der Waals surface area contributed by atoms with Crippen molar-refractivity contribution in [1.82, 2.24) is 5.32 Å². The van der Waals surface area contributed by atoms with Gasteiger partial charge >= 0.3 is 5.97 Å². The van der Waals surface area contributed by atoms with Gasteiger partial charge in [-0.25, -0.2) is 0 Å². The van der Waals surface area contributed by atoms with Crippen molar-refractivity contribution in [3.8, 4) is 0 Å². The van der Waals surface area contributed by atoms with Gasteiger partial charge in [-0.05, 0) is 141 Å². The van der Waals surface area contributed by atoms with E-state index in [1.165, 1.54) is 44.9 Å². The van der Waals surface area contributed by atoms with Gasteiger partial charge < -0.3 is 15.5 Å². The van der Waals surface area contributed by atoms with Crippen molar-refractivity contribution in [2.45, 2.75) is 138 Å². The Labute approximate surface area is 239 Å². The molecule has 39 heavy (non-hydrogen) atoms. The number of aliphatic hydroxyl groups is 1. The molecule has 224 valence electrons. The van der Waals surface area contributed by atoms with Crippen molar-refractivity contribution in [3.63, 3.8) is 0 Å². The van der Waals surface area contributed by atoms with Crippen LogP contribution in [0.15, 0.2) is 0 Å². The molecule has 11 atom stereocenters. The number of aliphatic hydroxyl groups excluding tert-OH is 1. The van der Waals surface area contributed by atoms with Gasteiger partial charge in [-0.15, -0.1) is 0 Å². The third-order valence-corrected chi connectivity index (χ3v) is 15.0. The minimum Gasteiger partial charge on any atom is -0.481 e. The average molecular weight is 544 g/mol. The van der Waals surface area contributed by atoms with Crippen molar-refractivity contribution < 1.29 is 15.0 Å². The first-order valence-electron chi connectivity index (χ1n) is 16.9. The lowest BCUT2D eigenvalue weighted by molar-refractivity contribution is -0.249. The molecule has 4 heteroatoms. The summed E-state index contributed by atoms with van der Waals surface area (Å²) in [6.07, 6.45) is 14.5. The lowest BCUT2D eigenvalue weighted by atomic mass is 9.32. The lowest BCUT2D eigenvalue weighted by Gasteiger charge is -2.72. The summed E-state index contributed by atoms with van der Waals surface area (Å²) in [6, 6.07) is 0. The lowest BCUT2D eigenvalue weighted by Crippen LogP contribution is -2.67. The Morgan fingerprint density at radius 1 is 0.872 bits per heavy atom. The number of carbonyl (C=O) groups is 1. The second-order valence-electron chi connectivity index (χ2n) is 16.6. The highest BCUT2D eigenvalue weighted by molar-refractivity contribution is 5.76. The molecule has 5 fully saturated rings. The third kappa shape index (κ3) is 4.22. The number of hydrogen-bond acceptors (Lipinski definition) is 3. The zero-order valence-corrected chi connectivity index (χ0v) is 26.5. The molecular formula is C35H61NO3. The Morgan fingerprint density at radius 3 is 2.31 bits per heavy atom. The Bertz CT molecular complexity index is 918. The van der Waals surface area contributed by atoms with Crippen molar-refractivity contribution in [2.24, 2.45) is 62.6 Å². The summed E-state index contributed by atoms with van der Waals surface area (Å²) in [7, 11) is 0. The van der Waals surface area contributed by atoms with Gasteiger partial charge in [-0.3, -0.25) is 4.79 Å². The van der Waals surface area contributed by atoms with Crippen LogP contribution >= 0.6 is 0 Å². The van der Waals surface area contributed by atoms with Crippen LogP contribution in [0, 0.1) is 62.6 Å². The molecule has 4 nitrogen and oxygen atoms in total. The molecule has 5 rings (SSSR count). The van der Waals surface area contributed by atoms with E-state index < -0.39 is 11.4 Å². The van der Waals surface area contributed by atoms with Crippen LogP contribution in [0.2, 0.25) is 0 Å². The molecule has 0 heterocycles. The zero-order chi connectivity index (χ0) is 28.4. The highest BCUT2D eigenvalue weighted by Gasteiger charge is 2.72. The molecule has 0 aromatic carbocycles. The van der Waals surface area contributed by atoms with E-state index in [9.17, 15) is 15.0 Å². The molecule has 0 radical (unpaired) electrons. The third-order valence-electron chi connectivity index (χ3n) is 15.0. The van der Waals surface area contributed by atoms with Crippen LogP contribution in [0.25, 0.3) is 0 Å². The second kappa shape index (κ2) is 10.3. The molecule has 5 saturated carbocycles. The summed E-state index contributed by atoms with van der Waals surface area (Å²) < 4.78 is 0. The minimum absolute atomic E-state index is 0.0206. The predicted molar refractivity (Wildman–Crippen MR) is 159 cm³/mol. The van der Waals surface area contributed by atoms with E-state index in [1.54, 1.807) is 0 Å². The van der Waals surface area contributed by atoms with Gasteiger partial charge in [-0.1, -0.05) is 61.3 Å². The summed E-state index contributed by atoms with van der Waals surface area (Å²) in [5.74, 6) is 2.62. The van der Waals surface area contributed by atoms with E-state index in [2.05, 4.69) is 53.8 Å². The largest absolute Gasteiger partial charge is 0.481 e. The molecule has 3 N–H and O–H groups in total. The fourth-order valence-corrected chi connectivity index (χ4v) is 12.6. The van der Waals surface area contributed by atoms with Gasteiger partial charge in [0.2, 0.25) is 0 Å². The van der Waals surface area contributed by atoms with E-state index in [1.807, 2.05) is 0 Å². The molecular weight excluding hydrogens is 482 g/mol. The second-order valence-corrected chi connectivity index (χ2v) is 16.6. The number of carboxylic acid groups (broad SMARTS) is 1. The quantitative estimate of drug-likeness (QED) is 0.272. The Hall–Kier alpha value is -0.610. The topological polar surface area (TPSA) is 69.6 Å². The summed E-state index contributed by atoms with van der Waals surface area (Å²) >= 11 is 0. The standard InChI is InChI=1S/C35H61NO3/c1-8-9-10-21-36-22-23(2)24-13-18-35(30(38)39)20-19-33(6)25(29(24)35)11-12-27-32(5)16-15-28(37)31(3,4)26(32)14-17-34(27,33)7/h23-29,36-37H,8-22H2,1-7H3,(H,38,39)/t23?,24-,25?,26?,27?,28+,29?,32?,33+,34?,35-/m0/s1. The average Bonchev–Trinajstić information content (AvgIpc) is 3.28. The highest BCUT2D eigenvalue weighted by Crippen LogP contribution is 2.77. The number of carboxylic acids is 1. The van der Waals surface area contributed by atoms with Crippen LogP contribution in [0.1, 0.15) is 132 Å². The van der Waals surface area contributed by atoms with Crippen molar-refractivity contribution >= 4 is 5.97 Å². The van der Waals surface area contributed by atoms with Crippen molar-refractivity contribution in [3.05, 3.63) is 0 Å². The number of nitrogens with one attached hydrogen (secondary N) is 1. The maximum atomic E-state index is 13.1. The highest BCUT2D eigenvalue weighted by atomic mass is 16.4. The molecule has 0 aromatic rings. The van der Waals surface area contributed by atoms with E-state index >= 15 is 0 Å². The number of rotatable bonds is 8. The van der Waals surface area contributed by atoms with Gasteiger partial charge in [-0.2, -0.15) is 0 Å². The summed E-state index contributed by atoms with van der Waals surface area (Å²) in [6.45, 7) is 19.3. The molecule has 7 unspecified atom stereocenters. The zero-order valence-electron chi connectivity index (χ0n) is 26.5. The predicted octanol–water partition coefficient (Wildman–Crippen LogP) is 7.93. The molecule has 0 spiro atoms. The smallest absolute Gasteiger partial charge is 0.309 e. The first-order chi connectivity index (χ1) is 18.3. The number of hydrogen-bond donors (Lipinski definition) is 3. The minimum atomic E-state index is -0.507. The van der Waals surface area contributed by atoms with Gasteiger partial charge in [0.05, 0.1) is 11.5 Å². The van der Waals surface area contributed by atoms with Gasteiger partial charge in [0.25, 0.3) is 0 Å². The van der Waals surface area contributed by atoms with Crippen LogP contribution in [-0.4, -0.2) is 35.4 Å². The summed E-state index contributed by atoms with van der Waals surface area (Å²) in [5.41, 5.74) is 0.194. The van der Waals surface area contributed by atoms with E-state index in [4.69, 9.17) is 0 Å². The Morgan fingerprint density at radius 2 is 1.62 bits per heavy atom. The van der Waals surface area contributed by atoms with E-state index in [0.29, 0.717) is 35.5 Å². The van der Waals surface area contributed by atoms with Gasteiger partial charge in [0, 0.05) is 0 Å². The van der Waals surface area contributed by atoms with E-state index in [0.717, 1.165) is 51.6 Å². The van der Waals surface area contributed by atoms with Crippen molar-refractivity contribution in [2.75, 3.05) is 13.1 Å².